The maximum Gasteiger partial charge on any atom is 0.246 e. The summed E-state index contributed by atoms with van der Waals surface area (Å²) in [7, 11) is 0. The summed E-state index contributed by atoms with van der Waals surface area (Å²) in [5.74, 6) is -0.417. The maximum absolute atomic E-state index is 13.9. The van der Waals surface area contributed by atoms with E-state index in [1.807, 2.05) is 57.5 Å². The number of thiazole rings is 1. The molecule has 248 valence electrons. The number of carbonyl (C=O) groups excluding carboxylic acids is 3. The molecule has 0 spiro atoms. The molecule has 0 aliphatic carbocycles. The predicted molar refractivity (Wildman–Crippen MR) is 177 cm³/mol. The smallest absolute Gasteiger partial charge is 0.246 e. The number of aromatic nitrogens is 1. The first kappa shape index (κ1) is 35.0. The van der Waals surface area contributed by atoms with Crippen molar-refractivity contribution in [3.63, 3.8) is 0 Å². The van der Waals surface area contributed by atoms with Gasteiger partial charge in [0.25, 0.3) is 0 Å². The van der Waals surface area contributed by atoms with E-state index in [0.717, 1.165) is 27.3 Å². The molecule has 12 heteroatoms. The zero-order valence-electron chi connectivity index (χ0n) is 27.0. The van der Waals surface area contributed by atoms with Gasteiger partial charge in [0.1, 0.15) is 24.4 Å². The van der Waals surface area contributed by atoms with Gasteiger partial charge < -0.3 is 35.8 Å². The number of hydrogen-bond donors (Lipinski definition) is 4. The highest BCUT2D eigenvalue weighted by Crippen LogP contribution is 2.28. The van der Waals surface area contributed by atoms with Crippen molar-refractivity contribution in [1.29, 1.82) is 0 Å². The summed E-state index contributed by atoms with van der Waals surface area (Å²) in [4.78, 5) is 47.1. The van der Waals surface area contributed by atoms with Crippen molar-refractivity contribution in [2.24, 2.45) is 11.1 Å². The van der Waals surface area contributed by atoms with Crippen molar-refractivity contribution < 1.29 is 29.0 Å². The van der Waals surface area contributed by atoms with Gasteiger partial charge in [0, 0.05) is 26.1 Å². The van der Waals surface area contributed by atoms with Crippen LogP contribution in [0, 0.1) is 12.3 Å². The Morgan fingerprint density at radius 2 is 1.76 bits per heavy atom. The number of nitrogens with one attached hydrogen (secondary N) is 2. The molecule has 46 heavy (non-hydrogen) atoms. The fraction of sp³-hybridized carbons (Fsp3) is 0.471. The average molecular weight is 652 g/mol. The zero-order valence-corrected chi connectivity index (χ0v) is 27.8. The van der Waals surface area contributed by atoms with Crippen LogP contribution in [-0.2, 0) is 32.1 Å². The Kier molecular flexibility index (Phi) is 12.3. The van der Waals surface area contributed by atoms with Crippen LogP contribution in [0.2, 0.25) is 0 Å². The van der Waals surface area contributed by atoms with E-state index in [4.69, 9.17) is 15.2 Å². The van der Waals surface area contributed by atoms with Crippen molar-refractivity contribution in [1.82, 2.24) is 20.5 Å². The molecule has 5 N–H and O–H groups in total. The number of nitrogens with two attached hydrogens (primary N) is 1. The normalized spacial score (nSPS) is 17.0. The Morgan fingerprint density at radius 1 is 1.07 bits per heavy atom. The minimum absolute atomic E-state index is 0.0149. The Hall–Kier alpha value is -3.84. The van der Waals surface area contributed by atoms with Crippen LogP contribution in [0.5, 0.6) is 5.75 Å². The van der Waals surface area contributed by atoms with Crippen molar-refractivity contribution in [3.05, 3.63) is 70.9 Å². The number of carbonyl (C=O) groups is 3. The van der Waals surface area contributed by atoms with Gasteiger partial charge in [0.15, 0.2) is 0 Å². The molecule has 11 nitrogen and oxygen atoms in total. The molecule has 3 aromatic rings. The Balaban J connectivity index is 1.34. The van der Waals surface area contributed by atoms with Crippen LogP contribution in [0.15, 0.2) is 54.0 Å². The van der Waals surface area contributed by atoms with Crippen LogP contribution in [-0.4, -0.2) is 83.8 Å². The number of aliphatic hydroxyl groups is 1. The number of β-amino-alcohol motifs (C(OH)–C–C–N with tert-alkyl or cyclic N) is 1. The summed E-state index contributed by atoms with van der Waals surface area (Å²) in [5.41, 5.74) is 10.3. The van der Waals surface area contributed by atoms with E-state index >= 15 is 0 Å². The minimum Gasteiger partial charge on any atom is -0.491 e. The predicted octanol–water partition coefficient (Wildman–Crippen LogP) is 2.82. The number of ether oxygens (including phenoxy) is 2. The number of benzene rings is 2. The van der Waals surface area contributed by atoms with Crippen molar-refractivity contribution in [3.8, 4) is 16.2 Å². The minimum atomic E-state index is -0.903. The molecule has 1 aromatic heterocycles. The van der Waals surface area contributed by atoms with Crippen LogP contribution < -0.4 is 21.1 Å². The number of rotatable bonds is 14. The van der Waals surface area contributed by atoms with Gasteiger partial charge in [-0.3, -0.25) is 14.4 Å². The third kappa shape index (κ3) is 9.58. The first-order valence-electron chi connectivity index (χ1n) is 15.5. The third-order valence-corrected chi connectivity index (χ3v) is 8.74. The van der Waals surface area contributed by atoms with E-state index in [1.165, 1.54) is 4.90 Å². The van der Waals surface area contributed by atoms with Gasteiger partial charge in [-0.1, -0.05) is 57.2 Å². The molecule has 1 aliphatic rings. The van der Waals surface area contributed by atoms with Crippen LogP contribution in [0.3, 0.4) is 0 Å². The van der Waals surface area contributed by atoms with E-state index in [0.29, 0.717) is 32.1 Å². The van der Waals surface area contributed by atoms with Crippen LogP contribution in [0.4, 0.5) is 0 Å². The van der Waals surface area contributed by atoms with Crippen LogP contribution in [0.1, 0.15) is 44.0 Å². The van der Waals surface area contributed by atoms with Crippen LogP contribution >= 0.6 is 11.3 Å². The van der Waals surface area contributed by atoms with Gasteiger partial charge in [-0.2, -0.15) is 0 Å². The monoisotopic (exact) mass is 651 g/mol. The second-order valence-corrected chi connectivity index (χ2v) is 13.4. The molecule has 0 unspecified atom stereocenters. The summed E-state index contributed by atoms with van der Waals surface area (Å²) in [6.45, 7) is 9.60. The quantitative estimate of drug-likeness (QED) is 0.194. The van der Waals surface area contributed by atoms with E-state index < -0.39 is 29.5 Å². The number of hydrogen-bond acceptors (Lipinski definition) is 9. The van der Waals surface area contributed by atoms with Gasteiger partial charge in [0.05, 0.1) is 41.8 Å². The van der Waals surface area contributed by atoms with E-state index in [9.17, 15) is 19.5 Å². The molecular weight excluding hydrogens is 606 g/mol. The SMILES string of the molecule is Cc1ncsc1-c1ccc(CNC(=O)[C@@H]2C[C@@H](O)CN2C(=O)[C@@H](NC(=O)Cc2ccc(OCCOCCN)cc2)C(C)(C)C)cc1. The van der Waals surface area contributed by atoms with Gasteiger partial charge in [-0.15, -0.1) is 11.3 Å². The number of aryl methyl sites for hydroxylation is 1. The standard InChI is InChI=1S/C34H45N5O6S/c1-22-30(46-21-37-22)25-9-5-24(6-10-25)19-36-32(42)28-18-26(40)20-39(28)33(43)31(34(2,3)4)38-29(41)17-23-7-11-27(12-8-23)45-16-15-44-14-13-35/h5-12,21,26,28,31,40H,13-20,35H2,1-4H3,(H,36,42)(H,38,41)/t26-,28+,31-/m1/s1. The molecular formula is C34H45N5O6S. The number of amides is 3. The topological polar surface area (TPSA) is 156 Å². The molecule has 2 aromatic carbocycles. The summed E-state index contributed by atoms with van der Waals surface area (Å²) in [5, 5.41) is 16.3. The number of nitrogens with zero attached hydrogens (tertiary/aromatic N) is 2. The summed E-state index contributed by atoms with van der Waals surface area (Å²) in [6.07, 6.45) is -0.654. The molecule has 1 aliphatic heterocycles. The largest absolute Gasteiger partial charge is 0.491 e. The molecule has 4 rings (SSSR count). The van der Waals surface area contributed by atoms with Crippen LogP contribution in [0.25, 0.3) is 10.4 Å². The van der Waals surface area contributed by atoms with Gasteiger partial charge in [-0.25, -0.2) is 4.98 Å². The molecule has 1 saturated heterocycles. The summed E-state index contributed by atoms with van der Waals surface area (Å²) in [6, 6.07) is 13.3. The summed E-state index contributed by atoms with van der Waals surface area (Å²) < 4.78 is 10.9. The number of likely N-dealkylation sites (tertiary alicyclic amines) is 1. The lowest BCUT2D eigenvalue weighted by Crippen LogP contribution is -2.58. The molecule has 3 atom stereocenters. The lowest BCUT2D eigenvalue weighted by Gasteiger charge is -2.35. The van der Waals surface area contributed by atoms with Gasteiger partial charge in [-0.05, 0) is 41.2 Å². The lowest BCUT2D eigenvalue weighted by atomic mass is 9.85. The third-order valence-electron chi connectivity index (χ3n) is 7.76. The second-order valence-electron chi connectivity index (χ2n) is 12.5. The average Bonchev–Trinajstić information content (AvgIpc) is 3.64. The Morgan fingerprint density at radius 3 is 2.39 bits per heavy atom. The molecule has 2 heterocycles. The highest BCUT2D eigenvalue weighted by molar-refractivity contribution is 7.13. The number of aliphatic hydroxyl groups excluding tert-OH is 1. The first-order chi connectivity index (χ1) is 22.0. The highest BCUT2D eigenvalue weighted by Gasteiger charge is 2.44. The van der Waals surface area contributed by atoms with Gasteiger partial charge >= 0.3 is 0 Å². The first-order valence-corrected chi connectivity index (χ1v) is 16.4. The molecule has 3 amide bonds. The van der Waals surface area contributed by atoms with E-state index in [1.54, 1.807) is 35.6 Å². The maximum atomic E-state index is 13.9. The zero-order chi connectivity index (χ0) is 33.3. The fourth-order valence-corrected chi connectivity index (χ4v) is 6.10. The molecule has 0 saturated carbocycles. The van der Waals surface area contributed by atoms with Crippen molar-refractivity contribution in [2.75, 3.05) is 32.9 Å². The lowest BCUT2D eigenvalue weighted by molar-refractivity contribution is -0.144. The van der Waals surface area contributed by atoms with Crippen molar-refractivity contribution >= 4 is 29.1 Å². The highest BCUT2D eigenvalue weighted by atomic mass is 32.1. The molecule has 0 radical (unpaired) electrons. The van der Waals surface area contributed by atoms with Crippen molar-refractivity contribution in [2.45, 2.75) is 65.3 Å². The fourth-order valence-electron chi connectivity index (χ4n) is 5.29. The summed E-state index contributed by atoms with van der Waals surface area (Å²) >= 11 is 1.58. The molecule has 1 fully saturated rings. The molecule has 0 bridgehead atoms. The Bertz CT molecular complexity index is 1450. The van der Waals surface area contributed by atoms with E-state index in [-0.39, 0.29) is 37.7 Å². The van der Waals surface area contributed by atoms with E-state index in [2.05, 4.69) is 15.6 Å². The Labute approximate surface area is 274 Å². The van der Waals surface area contributed by atoms with Gasteiger partial charge in [0.2, 0.25) is 17.7 Å². The second kappa shape index (κ2) is 16.1.